The fraction of sp³-hybridized carbons (Fsp3) is 0.386. The number of rotatable bonds is 30. The van der Waals surface area contributed by atoms with Crippen LogP contribution in [0, 0.1) is 10.1 Å². The fourth-order valence-electron chi connectivity index (χ4n) is 8.77. The number of thioether (sulfide) groups is 1. The highest BCUT2D eigenvalue weighted by atomic mass is 35.5. The van der Waals surface area contributed by atoms with Gasteiger partial charge >= 0.3 is 0 Å². The summed E-state index contributed by atoms with van der Waals surface area (Å²) in [5.41, 5.74) is 15.2. The van der Waals surface area contributed by atoms with Gasteiger partial charge in [0.25, 0.3) is 21.6 Å². The van der Waals surface area contributed by atoms with E-state index in [-0.39, 0.29) is 48.9 Å². The number of nitrogens with zero attached hydrogens (tertiary/aromatic N) is 4. The molecule has 0 radical (unpaired) electrons. The maximum atomic E-state index is 13.8. The van der Waals surface area contributed by atoms with E-state index >= 15 is 0 Å². The molecule has 0 spiro atoms. The zero-order chi connectivity index (χ0) is 58.9. The molecule has 1 aliphatic heterocycles. The maximum absolute atomic E-state index is 13.8. The van der Waals surface area contributed by atoms with E-state index in [1.807, 2.05) is 85.7 Å². The van der Waals surface area contributed by atoms with Gasteiger partial charge in [-0.1, -0.05) is 79.0 Å². The third-order valence-corrected chi connectivity index (χ3v) is 15.8. The number of aliphatic hydroxyl groups excluding tert-OH is 1. The minimum absolute atomic E-state index is 0.0490. The van der Waals surface area contributed by atoms with E-state index in [0.29, 0.717) is 94.1 Å². The first kappa shape index (κ1) is 64.7. The second kappa shape index (κ2) is 33.0. The quantitative estimate of drug-likeness (QED) is 0.00724. The minimum Gasteiger partial charge on any atom is -0.383 e. The summed E-state index contributed by atoms with van der Waals surface area (Å²) in [4.78, 5) is 77.9. The fourth-order valence-corrected chi connectivity index (χ4v) is 10.9. The van der Waals surface area contributed by atoms with Crippen LogP contribution in [0.2, 0.25) is 5.02 Å². The second-order valence-corrected chi connectivity index (χ2v) is 23.0. The van der Waals surface area contributed by atoms with Crippen LogP contribution in [0.15, 0.2) is 125 Å². The minimum atomic E-state index is -4.61. The van der Waals surface area contributed by atoms with E-state index in [1.54, 1.807) is 23.3 Å². The molecule has 0 aliphatic carbocycles. The summed E-state index contributed by atoms with van der Waals surface area (Å²) in [6.07, 6.45) is 3.72. The number of nitro benzene ring substituents is 1. The first-order chi connectivity index (χ1) is 38.7. The molecule has 436 valence electrons. The number of carbonyl (C=O) groups is 5. The number of hydroxylamine groups is 1. The van der Waals surface area contributed by atoms with Gasteiger partial charge in [0.15, 0.2) is 0 Å². The highest BCUT2D eigenvalue weighted by Gasteiger charge is 2.27. The van der Waals surface area contributed by atoms with Crippen LogP contribution >= 0.6 is 23.4 Å². The van der Waals surface area contributed by atoms with Crippen molar-refractivity contribution >= 4 is 85.7 Å². The van der Waals surface area contributed by atoms with Crippen LogP contribution in [0.1, 0.15) is 86.6 Å². The number of primary amides is 2. The summed E-state index contributed by atoms with van der Waals surface area (Å²) in [5, 5.41) is 36.9. The average molecular weight is 1170 g/mol. The van der Waals surface area contributed by atoms with Gasteiger partial charge < -0.3 is 37.0 Å². The number of benzene rings is 5. The van der Waals surface area contributed by atoms with Gasteiger partial charge in [-0.05, 0) is 136 Å². The summed E-state index contributed by atoms with van der Waals surface area (Å²) < 4.78 is 29.6. The van der Waals surface area contributed by atoms with Crippen LogP contribution in [-0.2, 0) is 35.7 Å². The lowest BCUT2D eigenvalue weighted by atomic mass is 9.99. The molecule has 2 atom stereocenters. The summed E-state index contributed by atoms with van der Waals surface area (Å²) in [6, 6.07) is 34.0. The number of piperazine rings is 1. The molecule has 21 nitrogen and oxygen atoms in total. The summed E-state index contributed by atoms with van der Waals surface area (Å²) >= 11 is 7.85. The van der Waals surface area contributed by atoms with Gasteiger partial charge in [0.1, 0.15) is 11.8 Å². The molecule has 5 aromatic rings. The van der Waals surface area contributed by atoms with Gasteiger partial charge in [-0.15, -0.1) is 11.8 Å². The van der Waals surface area contributed by atoms with E-state index < -0.39 is 55.3 Å². The molecule has 1 heterocycles. The van der Waals surface area contributed by atoms with Crippen LogP contribution in [0.5, 0.6) is 0 Å². The number of sulfonamides is 1. The smallest absolute Gasteiger partial charge is 0.293 e. The van der Waals surface area contributed by atoms with Crippen LogP contribution in [-0.4, -0.2) is 128 Å². The Morgan fingerprint density at radius 3 is 2.09 bits per heavy atom. The average Bonchev–Trinajstić information content (AvgIpc) is 3.45. The largest absolute Gasteiger partial charge is 0.383 e. The molecule has 1 unspecified atom stereocenters. The Balaban J connectivity index is 0.000000986. The van der Waals surface area contributed by atoms with Crippen molar-refractivity contribution in [3.05, 3.63) is 142 Å². The van der Waals surface area contributed by atoms with Crippen molar-refractivity contribution in [2.75, 3.05) is 68.1 Å². The number of nitro groups is 1. The normalized spacial score (nSPS) is 13.3. The molecule has 1 aliphatic rings. The molecule has 24 heteroatoms. The number of nitrogens with one attached hydrogen (secondary N) is 4. The van der Waals surface area contributed by atoms with Gasteiger partial charge in [0.05, 0.1) is 21.2 Å². The summed E-state index contributed by atoms with van der Waals surface area (Å²) in [7, 11) is -0.719. The highest BCUT2D eigenvalue weighted by Crippen LogP contribution is 2.33. The second-order valence-electron chi connectivity index (χ2n) is 19.7. The third-order valence-electron chi connectivity index (χ3n) is 13.2. The first-order valence-corrected chi connectivity index (χ1v) is 29.5. The van der Waals surface area contributed by atoms with E-state index in [4.69, 9.17) is 33.4 Å². The van der Waals surface area contributed by atoms with Gasteiger partial charge in [-0.3, -0.25) is 44.2 Å². The Morgan fingerprint density at radius 2 is 1.44 bits per heavy atom. The predicted octanol–water partition coefficient (Wildman–Crippen LogP) is 7.54. The molecule has 81 heavy (non-hydrogen) atoms. The molecular formula is C57H73ClN10O11S2. The maximum Gasteiger partial charge on any atom is 0.293 e. The van der Waals surface area contributed by atoms with Gasteiger partial charge in [-0.25, -0.2) is 18.6 Å². The van der Waals surface area contributed by atoms with Crippen molar-refractivity contribution in [1.29, 1.82) is 0 Å². The highest BCUT2D eigenvalue weighted by molar-refractivity contribution is 7.99. The zero-order valence-electron chi connectivity index (χ0n) is 45.6. The van der Waals surface area contributed by atoms with Gasteiger partial charge in [0.2, 0.25) is 23.6 Å². The molecule has 0 aromatic heterocycles. The van der Waals surface area contributed by atoms with Crippen molar-refractivity contribution in [2.24, 2.45) is 11.5 Å². The summed E-state index contributed by atoms with van der Waals surface area (Å²) in [5.74, 6) is -2.22. The van der Waals surface area contributed by atoms with Gasteiger partial charge in [-0.2, -0.15) is 0 Å². The lowest BCUT2D eigenvalue weighted by Crippen LogP contribution is -2.46. The Kier molecular flexibility index (Phi) is 26.3. The number of amides is 5. The molecule has 0 saturated carbocycles. The Bertz CT molecular complexity index is 3010. The van der Waals surface area contributed by atoms with Crippen molar-refractivity contribution < 1.29 is 47.6 Å². The van der Waals surface area contributed by atoms with E-state index in [2.05, 4.69) is 37.3 Å². The third kappa shape index (κ3) is 22.0. The molecule has 5 aromatic carbocycles. The predicted molar refractivity (Wildman–Crippen MR) is 315 cm³/mol. The van der Waals surface area contributed by atoms with Crippen molar-refractivity contribution in [3.63, 3.8) is 0 Å². The van der Waals surface area contributed by atoms with Crippen LogP contribution in [0.3, 0.4) is 0 Å². The number of halogens is 1. The van der Waals surface area contributed by atoms with Crippen LogP contribution < -0.4 is 37.2 Å². The van der Waals surface area contributed by atoms with E-state index in [0.717, 1.165) is 34.4 Å². The number of unbranched alkanes of at least 4 members (excludes halogenated alkanes) is 3. The molecule has 1 saturated heterocycles. The molecule has 10 N–H and O–H groups in total. The van der Waals surface area contributed by atoms with Crippen molar-refractivity contribution in [1.82, 2.24) is 20.0 Å². The molecule has 0 bridgehead atoms. The van der Waals surface area contributed by atoms with Gasteiger partial charge in [0, 0.05) is 79.6 Å². The standard InChI is InChI=1S/C51H61ClN8O8S2.C6H12N2O3/c1-57(2)28-26-41(27-33-69-42-13-6-5-7-14-42)53-45-24-23-43(35-48(45)60(65)66)70(67,68)56-51(63)38-20-25-47(46(34-38)54-49(61)16-8-3-4-9-17-50(62)55-64)59-31-29-58(30-32-59)36-39-12-10-11-15-44(39)37-18-21-40(52)22-19-37;7-5(10)3-1-2-4(9)6(8)11/h5-7,10-15,18-25,34-35,41,53,64H,3-4,8-9,16-17,26-33,36H2,1-2H3,(H,54,61)(H,55,62)(H,56,63);4,9H,1-3H2,(H2,7,10)(H2,8,11)/t;4-/m.1/s1. The number of hydrogen-bond acceptors (Lipinski definition) is 16. The SMILES string of the molecule is CN(C)CCC(CCSc1ccccc1)Nc1ccc(S(=O)(=O)NC(=O)c2ccc(N3CCN(Cc4ccccc4-c4ccc(Cl)cc4)CC3)c(NC(=O)CCCCCCC(=O)NO)c2)cc1[N+](=O)[O-].NC(=O)CCC[C@@H](O)C(N)=O. The Labute approximate surface area is 482 Å². The lowest BCUT2D eigenvalue weighted by Gasteiger charge is -2.37. The molecule has 5 amide bonds. The lowest BCUT2D eigenvalue weighted by molar-refractivity contribution is -0.384. The Morgan fingerprint density at radius 1 is 0.778 bits per heavy atom. The zero-order valence-corrected chi connectivity index (χ0v) is 47.9. The van der Waals surface area contributed by atoms with Crippen molar-refractivity contribution in [2.45, 2.75) is 99.1 Å². The summed E-state index contributed by atoms with van der Waals surface area (Å²) in [6.45, 7) is 4.02. The first-order valence-electron chi connectivity index (χ1n) is 26.6. The number of carbonyl (C=O) groups excluding carboxylic acids is 5. The molecule has 6 rings (SSSR count). The molecular weight excluding hydrogens is 1100 g/mol. The van der Waals surface area contributed by atoms with E-state index in [1.165, 1.54) is 29.8 Å². The van der Waals surface area contributed by atoms with Crippen LogP contribution in [0.4, 0.5) is 22.7 Å². The molecule has 1 fully saturated rings. The van der Waals surface area contributed by atoms with E-state index in [9.17, 15) is 42.5 Å². The van der Waals surface area contributed by atoms with Crippen LogP contribution in [0.25, 0.3) is 11.1 Å². The monoisotopic (exact) mass is 1170 g/mol. The topological polar surface area (TPSA) is 313 Å². The number of hydrogen-bond donors (Lipinski definition) is 8. The Hall–Kier alpha value is -7.12. The number of aliphatic hydroxyl groups is 1. The number of anilines is 3. The van der Waals surface area contributed by atoms with Crippen molar-refractivity contribution in [3.8, 4) is 11.1 Å². The number of nitrogens with two attached hydrogens (primary N) is 2.